The van der Waals surface area contributed by atoms with E-state index >= 15 is 0 Å². The maximum Gasteiger partial charge on any atom is 0.341 e. The first-order chi connectivity index (χ1) is 9.68. The number of aromatic amines is 1. The van der Waals surface area contributed by atoms with E-state index < -0.39 is 11.5 Å². The summed E-state index contributed by atoms with van der Waals surface area (Å²) in [6, 6.07) is 1.59. The topological polar surface area (TPSA) is 70.2 Å². The highest BCUT2D eigenvalue weighted by atomic mass is 16.4. The van der Waals surface area contributed by atoms with E-state index in [1.807, 2.05) is 0 Å². The van der Waals surface area contributed by atoms with Gasteiger partial charge in [0.2, 0.25) is 0 Å². The molecule has 0 aromatic carbocycles. The van der Waals surface area contributed by atoms with Crippen molar-refractivity contribution in [2.24, 2.45) is 0 Å². The summed E-state index contributed by atoms with van der Waals surface area (Å²) in [5, 5.41) is 9.06. The highest BCUT2D eigenvalue weighted by Gasteiger charge is 2.13. The number of pyridine rings is 1. The molecule has 1 aromatic rings. The summed E-state index contributed by atoms with van der Waals surface area (Å²) in [5.41, 5.74) is 1.36. The molecule has 1 aliphatic carbocycles. The summed E-state index contributed by atoms with van der Waals surface area (Å²) >= 11 is 0. The van der Waals surface area contributed by atoms with Gasteiger partial charge in [-0.1, -0.05) is 38.5 Å². The standard InChI is InChI=1S/C16H23NO3/c18-15-13(16(19)20)11-12-9-7-5-3-1-2-4-6-8-10-14(12)17-15/h11H,1-10H2,(H,17,18)(H,19,20). The molecule has 0 bridgehead atoms. The van der Waals surface area contributed by atoms with E-state index in [2.05, 4.69) is 4.98 Å². The van der Waals surface area contributed by atoms with Crippen molar-refractivity contribution in [3.63, 3.8) is 0 Å². The lowest BCUT2D eigenvalue weighted by Gasteiger charge is -2.12. The number of aromatic carboxylic acids is 1. The molecule has 2 N–H and O–H groups in total. The van der Waals surface area contributed by atoms with Crippen molar-refractivity contribution in [3.8, 4) is 0 Å². The molecule has 1 aromatic heterocycles. The number of carbonyl (C=O) groups is 1. The SMILES string of the molecule is O=C(O)c1cc2c([nH]c1=O)CCCCCCCCCC2. The molecule has 0 spiro atoms. The highest BCUT2D eigenvalue weighted by molar-refractivity contribution is 5.87. The number of hydrogen-bond acceptors (Lipinski definition) is 2. The van der Waals surface area contributed by atoms with Crippen LogP contribution in [0.25, 0.3) is 0 Å². The van der Waals surface area contributed by atoms with E-state index in [1.54, 1.807) is 6.07 Å². The van der Waals surface area contributed by atoms with Crippen LogP contribution >= 0.6 is 0 Å². The molecule has 0 amide bonds. The molecule has 1 heterocycles. The lowest BCUT2D eigenvalue weighted by Crippen LogP contribution is -2.20. The first kappa shape index (κ1) is 14.8. The van der Waals surface area contributed by atoms with Crippen LogP contribution in [0.15, 0.2) is 10.9 Å². The predicted octanol–water partition coefficient (Wildman–Crippen LogP) is 3.29. The summed E-state index contributed by atoms with van der Waals surface area (Å²) in [7, 11) is 0. The van der Waals surface area contributed by atoms with Gasteiger partial charge in [-0.2, -0.15) is 0 Å². The zero-order chi connectivity index (χ0) is 14.4. The van der Waals surface area contributed by atoms with Crippen LogP contribution in [0.2, 0.25) is 0 Å². The fourth-order valence-corrected chi connectivity index (χ4v) is 2.89. The Morgan fingerprint density at radius 3 is 2.10 bits per heavy atom. The zero-order valence-corrected chi connectivity index (χ0v) is 11.9. The number of aryl methyl sites for hydroxylation is 2. The number of carboxylic acids is 1. The molecule has 1 aliphatic rings. The summed E-state index contributed by atoms with van der Waals surface area (Å²) in [5.74, 6) is -1.14. The fraction of sp³-hybridized carbons (Fsp3) is 0.625. The largest absolute Gasteiger partial charge is 0.477 e. The van der Waals surface area contributed by atoms with E-state index in [1.165, 1.54) is 38.5 Å². The molecule has 0 aliphatic heterocycles. The van der Waals surface area contributed by atoms with Crippen LogP contribution in [0.5, 0.6) is 0 Å². The van der Waals surface area contributed by atoms with Crippen molar-refractivity contribution < 1.29 is 9.90 Å². The normalized spacial score (nSPS) is 17.6. The Kier molecular flexibility index (Phi) is 5.39. The Bertz CT molecular complexity index is 519. The van der Waals surface area contributed by atoms with Crippen LogP contribution in [0.3, 0.4) is 0 Å². The van der Waals surface area contributed by atoms with Crippen LogP contribution in [-0.2, 0) is 12.8 Å². The molecule has 0 atom stereocenters. The summed E-state index contributed by atoms with van der Waals surface area (Å²) in [6.07, 6.45) is 11.3. The minimum atomic E-state index is -1.14. The van der Waals surface area contributed by atoms with Gasteiger partial charge in [-0.25, -0.2) is 4.79 Å². The molecule has 2 rings (SSSR count). The van der Waals surface area contributed by atoms with E-state index in [0.717, 1.165) is 36.9 Å². The maximum absolute atomic E-state index is 11.8. The van der Waals surface area contributed by atoms with Gasteiger partial charge in [0.15, 0.2) is 0 Å². The number of nitrogens with one attached hydrogen (secondary N) is 1. The molecule has 0 fully saturated rings. The molecule has 0 unspecified atom stereocenters. The lowest BCUT2D eigenvalue weighted by atomic mass is 9.97. The van der Waals surface area contributed by atoms with Crippen molar-refractivity contribution in [1.82, 2.24) is 4.98 Å². The summed E-state index contributed by atoms with van der Waals surface area (Å²) in [4.78, 5) is 25.6. The van der Waals surface area contributed by atoms with Gasteiger partial charge in [-0.3, -0.25) is 4.79 Å². The third kappa shape index (κ3) is 3.95. The van der Waals surface area contributed by atoms with Crippen LogP contribution in [0.1, 0.15) is 73.0 Å². The number of H-pyrrole nitrogens is 1. The van der Waals surface area contributed by atoms with Gasteiger partial charge in [-0.15, -0.1) is 0 Å². The van der Waals surface area contributed by atoms with Gasteiger partial charge in [0.25, 0.3) is 5.56 Å². The third-order valence-corrected chi connectivity index (χ3v) is 4.07. The van der Waals surface area contributed by atoms with Crippen molar-refractivity contribution in [3.05, 3.63) is 33.2 Å². The number of carboxylic acid groups (broad SMARTS) is 1. The van der Waals surface area contributed by atoms with E-state index in [-0.39, 0.29) is 5.56 Å². The quantitative estimate of drug-likeness (QED) is 0.827. The van der Waals surface area contributed by atoms with E-state index in [9.17, 15) is 9.59 Å². The summed E-state index contributed by atoms with van der Waals surface area (Å²) in [6.45, 7) is 0. The monoisotopic (exact) mass is 277 g/mol. The Morgan fingerprint density at radius 2 is 1.50 bits per heavy atom. The van der Waals surface area contributed by atoms with Crippen LogP contribution in [-0.4, -0.2) is 16.1 Å². The number of hydrogen-bond donors (Lipinski definition) is 2. The maximum atomic E-state index is 11.8. The Hall–Kier alpha value is -1.58. The van der Waals surface area contributed by atoms with Gasteiger partial charge < -0.3 is 10.1 Å². The first-order valence-corrected chi connectivity index (χ1v) is 7.67. The lowest BCUT2D eigenvalue weighted by molar-refractivity contribution is 0.0694. The highest BCUT2D eigenvalue weighted by Crippen LogP contribution is 2.17. The van der Waals surface area contributed by atoms with Gasteiger partial charge in [0.1, 0.15) is 5.56 Å². The second-order valence-corrected chi connectivity index (χ2v) is 5.65. The molecule has 0 radical (unpaired) electrons. The van der Waals surface area contributed by atoms with E-state index in [4.69, 9.17) is 5.11 Å². The molecule has 4 nitrogen and oxygen atoms in total. The van der Waals surface area contributed by atoms with Gasteiger partial charge in [-0.05, 0) is 37.3 Å². The van der Waals surface area contributed by atoms with Crippen LogP contribution in [0, 0.1) is 0 Å². The van der Waals surface area contributed by atoms with Gasteiger partial charge in [0.05, 0.1) is 0 Å². The number of rotatable bonds is 1. The van der Waals surface area contributed by atoms with Crippen LogP contribution in [0.4, 0.5) is 0 Å². The second kappa shape index (κ2) is 7.27. The van der Waals surface area contributed by atoms with Gasteiger partial charge >= 0.3 is 5.97 Å². The van der Waals surface area contributed by atoms with Crippen molar-refractivity contribution in [2.45, 2.75) is 64.2 Å². The fourth-order valence-electron chi connectivity index (χ4n) is 2.89. The molecule has 0 saturated heterocycles. The molecular formula is C16H23NO3. The molecular weight excluding hydrogens is 254 g/mol. The molecule has 110 valence electrons. The Balaban J connectivity index is 2.24. The second-order valence-electron chi connectivity index (χ2n) is 5.65. The van der Waals surface area contributed by atoms with Gasteiger partial charge in [0, 0.05) is 5.69 Å². The average Bonchev–Trinajstić information content (AvgIpc) is 2.40. The van der Waals surface area contributed by atoms with Crippen molar-refractivity contribution >= 4 is 5.97 Å². The molecule has 20 heavy (non-hydrogen) atoms. The predicted molar refractivity (Wildman–Crippen MR) is 78.4 cm³/mol. The van der Waals surface area contributed by atoms with Crippen LogP contribution < -0.4 is 5.56 Å². The Morgan fingerprint density at radius 1 is 0.950 bits per heavy atom. The number of fused-ring (bicyclic) bond motifs is 1. The first-order valence-electron chi connectivity index (χ1n) is 7.67. The molecule has 0 saturated carbocycles. The van der Waals surface area contributed by atoms with Crippen molar-refractivity contribution in [1.29, 1.82) is 0 Å². The average molecular weight is 277 g/mol. The zero-order valence-electron chi connectivity index (χ0n) is 11.9. The van der Waals surface area contributed by atoms with Crippen molar-refractivity contribution in [2.75, 3.05) is 0 Å². The third-order valence-electron chi connectivity index (χ3n) is 4.07. The Labute approximate surface area is 119 Å². The minimum absolute atomic E-state index is 0.129. The summed E-state index contributed by atoms with van der Waals surface area (Å²) < 4.78 is 0. The van der Waals surface area contributed by atoms with E-state index in [0.29, 0.717) is 0 Å². The number of aromatic nitrogens is 1. The molecule has 4 heteroatoms. The minimum Gasteiger partial charge on any atom is -0.477 e. The smallest absolute Gasteiger partial charge is 0.341 e.